The highest BCUT2D eigenvalue weighted by molar-refractivity contribution is 7.14. The molecule has 1 amide bonds. The van der Waals surface area contributed by atoms with Crippen LogP contribution in [0.5, 0.6) is 11.6 Å². The number of anilines is 1. The van der Waals surface area contributed by atoms with Gasteiger partial charge in [-0.25, -0.2) is 14.6 Å². The Bertz CT molecular complexity index is 1010. The summed E-state index contributed by atoms with van der Waals surface area (Å²) >= 11 is 1.18. The summed E-state index contributed by atoms with van der Waals surface area (Å²) in [4.78, 5) is 31.7. The average molecular weight is 401 g/mol. The molecule has 0 atom stereocenters. The van der Waals surface area contributed by atoms with Crippen LogP contribution >= 0.6 is 11.3 Å². The maximum Gasteiger partial charge on any atom is 0.412 e. The molecule has 0 radical (unpaired) electrons. The summed E-state index contributed by atoms with van der Waals surface area (Å²) in [6.07, 6.45) is -0.687. The number of carboxylic acids is 1. The predicted molar refractivity (Wildman–Crippen MR) is 101 cm³/mol. The number of carbonyl (C=O) groups excluding carboxylic acids is 1. The SMILES string of the molecule is COc1nc(-c2sccc2NC(=O)OCc2ccccc2)nc(C(=O)O)c1O. The van der Waals surface area contributed by atoms with E-state index in [0.717, 1.165) is 5.56 Å². The molecule has 0 spiro atoms. The molecule has 0 unspecified atom stereocenters. The second-order valence-electron chi connectivity index (χ2n) is 5.41. The molecule has 2 heterocycles. The number of amides is 1. The first-order valence-corrected chi connectivity index (χ1v) is 8.81. The largest absolute Gasteiger partial charge is 0.501 e. The molecule has 3 rings (SSSR count). The van der Waals surface area contributed by atoms with Crippen LogP contribution in [0.2, 0.25) is 0 Å². The standard InChI is InChI=1S/C18H15N3O6S/c1-26-16-13(22)12(17(23)24)20-15(21-16)14-11(7-8-28-14)19-18(25)27-9-10-5-3-2-4-6-10/h2-8,22H,9H2,1H3,(H,19,25)(H,23,24). The number of carboxylic acid groups (broad SMARTS) is 1. The van der Waals surface area contributed by atoms with Crippen molar-refractivity contribution in [1.82, 2.24) is 9.97 Å². The third kappa shape index (κ3) is 4.18. The Morgan fingerprint density at radius 3 is 2.61 bits per heavy atom. The number of methoxy groups -OCH3 is 1. The molecular formula is C18H15N3O6S. The first-order chi connectivity index (χ1) is 13.5. The minimum absolute atomic E-state index is 0.0135. The topological polar surface area (TPSA) is 131 Å². The van der Waals surface area contributed by atoms with Gasteiger partial charge < -0.3 is 19.7 Å². The molecule has 144 valence electrons. The monoisotopic (exact) mass is 401 g/mol. The van der Waals surface area contributed by atoms with E-state index in [1.54, 1.807) is 11.4 Å². The number of hydrogen-bond donors (Lipinski definition) is 3. The number of benzene rings is 1. The number of ether oxygens (including phenoxy) is 2. The van der Waals surface area contributed by atoms with Crippen LogP contribution in [0.25, 0.3) is 10.7 Å². The fraction of sp³-hybridized carbons (Fsp3) is 0.111. The number of nitrogens with zero attached hydrogens (tertiary/aromatic N) is 2. The highest BCUT2D eigenvalue weighted by Crippen LogP contribution is 2.35. The van der Waals surface area contributed by atoms with Gasteiger partial charge in [0, 0.05) is 0 Å². The molecule has 0 saturated carbocycles. The molecule has 3 aromatic rings. The van der Waals surface area contributed by atoms with E-state index in [9.17, 15) is 19.8 Å². The van der Waals surface area contributed by atoms with Gasteiger partial charge in [-0.2, -0.15) is 4.98 Å². The zero-order valence-electron chi connectivity index (χ0n) is 14.6. The van der Waals surface area contributed by atoms with Crippen LogP contribution < -0.4 is 10.1 Å². The van der Waals surface area contributed by atoms with E-state index in [1.165, 1.54) is 18.4 Å². The molecule has 0 aliphatic heterocycles. The summed E-state index contributed by atoms with van der Waals surface area (Å²) in [5.74, 6) is -2.41. The molecule has 3 N–H and O–H groups in total. The van der Waals surface area contributed by atoms with E-state index in [-0.39, 0.29) is 18.3 Å². The lowest BCUT2D eigenvalue weighted by molar-refractivity contribution is 0.0685. The van der Waals surface area contributed by atoms with Gasteiger partial charge in [-0.15, -0.1) is 11.3 Å². The van der Waals surface area contributed by atoms with Crippen molar-refractivity contribution in [3.8, 4) is 22.3 Å². The third-order valence-electron chi connectivity index (χ3n) is 3.57. The van der Waals surface area contributed by atoms with Gasteiger partial charge in [-0.1, -0.05) is 30.3 Å². The Morgan fingerprint density at radius 1 is 1.18 bits per heavy atom. The number of aromatic hydroxyl groups is 1. The van der Waals surface area contributed by atoms with Crippen molar-refractivity contribution in [3.05, 3.63) is 53.0 Å². The van der Waals surface area contributed by atoms with Gasteiger partial charge in [-0.3, -0.25) is 5.32 Å². The quantitative estimate of drug-likeness (QED) is 0.573. The molecule has 0 saturated heterocycles. The van der Waals surface area contributed by atoms with E-state index < -0.39 is 23.5 Å². The Labute approximate surface area is 163 Å². The van der Waals surface area contributed by atoms with E-state index in [1.807, 2.05) is 30.3 Å². The highest BCUT2D eigenvalue weighted by Gasteiger charge is 2.22. The number of aromatic carboxylic acids is 1. The number of aromatic nitrogens is 2. The smallest absolute Gasteiger partial charge is 0.412 e. The lowest BCUT2D eigenvalue weighted by Gasteiger charge is -2.10. The van der Waals surface area contributed by atoms with Crippen LogP contribution in [0.1, 0.15) is 16.1 Å². The molecule has 0 aliphatic carbocycles. The second-order valence-corrected chi connectivity index (χ2v) is 6.33. The van der Waals surface area contributed by atoms with Gasteiger partial charge in [0.05, 0.1) is 17.7 Å². The van der Waals surface area contributed by atoms with Crippen molar-refractivity contribution in [3.63, 3.8) is 0 Å². The molecule has 1 aromatic carbocycles. The molecule has 10 heteroatoms. The van der Waals surface area contributed by atoms with Crippen LogP contribution in [-0.2, 0) is 11.3 Å². The third-order valence-corrected chi connectivity index (χ3v) is 4.48. The second kappa shape index (κ2) is 8.35. The molecule has 0 fully saturated rings. The minimum Gasteiger partial charge on any atom is -0.501 e. The zero-order valence-corrected chi connectivity index (χ0v) is 15.4. The highest BCUT2D eigenvalue weighted by atomic mass is 32.1. The summed E-state index contributed by atoms with van der Waals surface area (Å²) in [5.41, 5.74) is 0.570. The maximum atomic E-state index is 12.1. The predicted octanol–water partition coefficient (Wildman–Crippen LogP) is 3.37. The van der Waals surface area contributed by atoms with Crippen LogP contribution in [0, 0.1) is 0 Å². The van der Waals surface area contributed by atoms with Crippen molar-refractivity contribution in [2.75, 3.05) is 12.4 Å². The summed E-state index contributed by atoms with van der Waals surface area (Å²) in [7, 11) is 1.24. The minimum atomic E-state index is -1.44. The van der Waals surface area contributed by atoms with Crippen molar-refractivity contribution in [2.24, 2.45) is 0 Å². The van der Waals surface area contributed by atoms with E-state index in [4.69, 9.17) is 9.47 Å². The Hall–Kier alpha value is -3.66. The van der Waals surface area contributed by atoms with Gasteiger partial charge in [0.1, 0.15) is 6.61 Å². The van der Waals surface area contributed by atoms with E-state index in [0.29, 0.717) is 10.6 Å². The summed E-state index contributed by atoms with van der Waals surface area (Å²) < 4.78 is 10.1. The zero-order chi connectivity index (χ0) is 20.1. The van der Waals surface area contributed by atoms with Crippen LogP contribution in [-0.4, -0.2) is 39.4 Å². The molecule has 0 aliphatic rings. The number of rotatable bonds is 6. The van der Waals surface area contributed by atoms with Gasteiger partial charge in [-0.05, 0) is 17.0 Å². The normalized spacial score (nSPS) is 10.3. The molecule has 2 aromatic heterocycles. The van der Waals surface area contributed by atoms with Gasteiger partial charge >= 0.3 is 12.1 Å². The summed E-state index contributed by atoms with van der Waals surface area (Å²) in [6.45, 7) is 0.0961. The first kappa shape index (κ1) is 19.1. The summed E-state index contributed by atoms with van der Waals surface area (Å²) in [6, 6.07) is 10.8. The Balaban J connectivity index is 1.81. The number of carbonyl (C=O) groups is 2. The Morgan fingerprint density at radius 2 is 1.93 bits per heavy atom. The van der Waals surface area contributed by atoms with Crippen molar-refractivity contribution in [2.45, 2.75) is 6.61 Å². The van der Waals surface area contributed by atoms with Crippen molar-refractivity contribution < 1.29 is 29.3 Å². The van der Waals surface area contributed by atoms with Gasteiger partial charge in [0.25, 0.3) is 5.88 Å². The fourth-order valence-corrected chi connectivity index (χ4v) is 3.06. The van der Waals surface area contributed by atoms with Gasteiger partial charge in [0.2, 0.25) is 5.75 Å². The Kier molecular flexibility index (Phi) is 5.70. The van der Waals surface area contributed by atoms with Crippen molar-refractivity contribution >= 4 is 29.1 Å². The van der Waals surface area contributed by atoms with E-state index >= 15 is 0 Å². The molecule has 9 nitrogen and oxygen atoms in total. The summed E-state index contributed by atoms with van der Waals surface area (Å²) in [5, 5.41) is 23.3. The lowest BCUT2D eigenvalue weighted by Crippen LogP contribution is -2.14. The van der Waals surface area contributed by atoms with Crippen LogP contribution in [0.3, 0.4) is 0 Å². The lowest BCUT2D eigenvalue weighted by atomic mass is 10.2. The number of thiophene rings is 1. The average Bonchev–Trinajstić information content (AvgIpc) is 3.15. The molecular weight excluding hydrogens is 386 g/mol. The maximum absolute atomic E-state index is 12.1. The number of nitrogens with one attached hydrogen (secondary N) is 1. The van der Waals surface area contributed by atoms with Crippen molar-refractivity contribution in [1.29, 1.82) is 0 Å². The molecule has 28 heavy (non-hydrogen) atoms. The van der Waals surface area contributed by atoms with Gasteiger partial charge in [0.15, 0.2) is 11.5 Å². The van der Waals surface area contributed by atoms with Crippen LogP contribution in [0.15, 0.2) is 41.8 Å². The molecule has 0 bridgehead atoms. The fourth-order valence-electron chi connectivity index (χ4n) is 2.28. The van der Waals surface area contributed by atoms with E-state index in [2.05, 4.69) is 15.3 Å². The number of hydrogen-bond acceptors (Lipinski definition) is 8. The van der Waals surface area contributed by atoms with Crippen LogP contribution in [0.4, 0.5) is 10.5 Å². The first-order valence-electron chi connectivity index (χ1n) is 7.93.